The third kappa shape index (κ3) is 5.84. The molecule has 1 aliphatic rings. The summed E-state index contributed by atoms with van der Waals surface area (Å²) in [5.41, 5.74) is 1.35. The largest absolute Gasteiger partial charge is 0.356 e. The topological polar surface area (TPSA) is 45.5 Å². The molecule has 1 fully saturated rings. The quantitative estimate of drug-likeness (QED) is 0.427. The Morgan fingerprint density at radius 3 is 2.67 bits per heavy atom. The minimum Gasteiger partial charge on any atom is -0.356 e. The number of likely N-dealkylation sites (tertiary alicyclic amines) is 1. The second-order valence-electron chi connectivity index (χ2n) is 6.97. The molecule has 1 atom stereocenters. The molecule has 0 saturated carbocycles. The molecule has 1 aliphatic heterocycles. The van der Waals surface area contributed by atoms with E-state index < -0.39 is 0 Å². The Balaban J connectivity index is 1.64. The predicted molar refractivity (Wildman–Crippen MR) is 101 cm³/mol. The van der Waals surface area contributed by atoms with E-state index in [0.29, 0.717) is 5.92 Å². The van der Waals surface area contributed by atoms with Gasteiger partial charge in [-0.05, 0) is 18.4 Å². The first-order valence-electron chi connectivity index (χ1n) is 9.68. The number of nitrogens with one attached hydrogen (secondary N) is 1. The van der Waals surface area contributed by atoms with E-state index in [1.54, 1.807) is 0 Å². The van der Waals surface area contributed by atoms with Crippen LogP contribution in [0.4, 0.5) is 0 Å². The summed E-state index contributed by atoms with van der Waals surface area (Å²) in [5, 5.41) is 7.85. The van der Waals surface area contributed by atoms with Crippen LogP contribution in [-0.4, -0.2) is 47.3 Å². The van der Waals surface area contributed by atoms with Gasteiger partial charge in [0.05, 0.1) is 6.20 Å². The van der Waals surface area contributed by atoms with Gasteiger partial charge in [0.1, 0.15) is 0 Å². The Hall–Kier alpha value is -1.52. The van der Waals surface area contributed by atoms with Crippen molar-refractivity contribution in [2.24, 2.45) is 12.0 Å². The fraction of sp³-hybridized carbons (Fsp3) is 0.789. The summed E-state index contributed by atoms with van der Waals surface area (Å²) in [7, 11) is 3.88. The molecular formula is C19H35N5. The lowest BCUT2D eigenvalue weighted by molar-refractivity contribution is 0.482. The number of guanidine groups is 1. The van der Waals surface area contributed by atoms with E-state index >= 15 is 0 Å². The maximum Gasteiger partial charge on any atom is 0.193 e. The average molecular weight is 334 g/mol. The van der Waals surface area contributed by atoms with Crippen LogP contribution in [0.15, 0.2) is 17.4 Å². The van der Waals surface area contributed by atoms with E-state index in [4.69, 9.17) is 0 Å². The lowest BCUT2D eigenvalue weighted by Crippen LogP contribution is -2.40. The monoisotopic (exact) mass is 333 g/mol. The van der Waals surface area contributed by atoms with Crippen LogP contribution >= 0.6 is 0 Å². The molecule has 1 N–H and O–H groups in total. The van der Waals surface area contributed by atoms with Crippen molar-refractivity contribution < 1.29 is 0 Å². The minimum absolute atomic E-state index is 0.579. The molecule has 0 aliphatic carbocycles. The van der Waals surface area contributed by atoms with Crippen LogP contribution in [0.1, 0.15) is 69.8 Å². The molecule has 1 aromatic heterocycles. The van der Waals surface area contributed by atoms with Crippen molar-refractivity contribution >= 4 is 5.96 Å². The van der Waals surface area contributed by atoms with Crippen LogP contribution in [0.2, 0.25) is 0 Å². The van der Waals surface area contributed by atoms with Crippen molar-refractivity contribution in [3.05, 3.63) is 18.0 Å². The van der Waals surface area contributed by atoms with E-state index in [1.807, 2.05) is 25.0 Å². The number of aromatic nitrogens is 2. The van der Waals surface area contributed by atoms with Crippen LogP contribution in [0.25, 0.3) is 0 Å². The molecule has 1 unspecified atom stereocenters. The fourth-order valence-corrected chi connectivity index (χ4v) is 3.49. The molecule has 0 amide bonds. The Kier molecular flexibility index (Phi) is 8.13. The second-order valence-corrected chi connectivity index (χ2v) is 6.97. The summed E-state index contributed by atoms with van der Waals surface area (Å²) in [6, 6.07) is 0. The molecule has 0 aromatic carbocycles. The first kappa shape index (κ1) is 18.8. The van der Waals surface area contributed by atoms with Gasteiger partial charge in [-0.2, -0.15) is 5.10 Å². The normalized spacial score (nSPS) is 18.4. The molecule has 2 heterocycles. The number of aryl methyl sites for hydroxylation is 1. The number of hydrogen-bond donors (Lipinski definition) is 1. The van der Waals surface area contributed by atoms with E-state index in [1.165, 1.54) is 56.9 Å². The molecule has 136 valence electrons. The zero-order chi connectivity index (χ0) is 17.2. The van der Waals surface area contributed by atoms with Gasteiger partial charge >= 0.3 is 0 Å². The van der Waals surface area contributed by atoms with Crippen molar-refractivity contribution in [3.63, 3.8) is 0 Å². The third-order valence-corrected chi connectivity index (χ3v) is 4.96. The molecule has 5 nitrogen and oxygen atoms in total. The molecule has 1 saturated heterocycles. The Morgan fingerprint density at radius 1 is 1.25 bits per heavy atom. The smallest absolute Gasteiger partial charge is 0.193 e. The number of unbranched alkanes of at least 4 members (excludes halogenated alkanes) is 6. The molecule has 0 bridgehead atoms. The molecular weight excluding hydrogens is 298 g/mol. The zero-order valence-corrected chi connectivity index (χ0v) is 15.8. The molecule has 24 heavy (non-hydrogen) atoms. The van der Waals surface area contributed by atoms with E-state index in [9.17, 15) is 0 Å². The molecule has 0 radical (unpaired) electrons. The van der Waals surface area contributed by atoms with Gasteiger partial charge < -0.3 is 10.2 Å². The second kappa shape index (κ2) is 10.4. The van der Waals surface area contributed by atoms with Gasteiger partial charge in [0, 0.05) is 45.8 Å². The first-order valence-corrected chi connectivity index (χ1v) is 9.68. The lowest BCUT2D eigenvalue weighted by Gasteiger charge is -2.21. The number of nitrogens with zero attached hydrogens (tertiary/aromatic N) is 4. The fourth-order valence-electron chi connectivity index (χ4n) is 3.49. The highest BCUT2D eigenvalue weighted by atomic mass is 15.3. The van der Waals surface area contributed by atoms with Crippen molar-refractivity contribution in [2.45, 2.75) is 64.2 Å². The van der Waals surface area contributed by atoms with Crippen molar-refractivity contribution in [1.82, 2.24) is 20.0 Å². The number of hydrogen-bond acceptors (Lipinski definition) is 2. The lowest BCUT2D eigenvalue weighted by atomic mass is 10.0. The van der Waals surface area contributed by atoms with Gasteiger partial charge in [0.2, 0.25) is 0 Å². The third-order valence-electron chi connectivity index (χ3n) is 4.96. The molecule has 0 spiro atoms. The van der Waals surface area contributed by atoms with Crippen LogP contribution in [0.5, 0.6) is 0 Å². The van der Waals surface area contributed by atoms with Gasteiger partial charge in [-0.15, -0.1) is 0 Å². The van der Waals surface area contributed by atoms with Crippen molar-refractivity contribution in [3.8, 4) is 0 Å². The maximum atomic E-state index is 4.47. The van der Waals surface area contributed by atoms with Gasteiger partial charge in [-0.1, -0.05) is 45.4 Å². The molecule has 2 rings (SSSR count). The van der Waals surface area contributed by atoms with Gasteiger partial charge in [0.25, 0.3) is 0 Å². The van der Waals surface area contributed by atoms with Crippen molar-refractivity contribution in [1.29, 1.82) is 0 Å². The standard InChI is InChI=1S/C19H35N5/c1-4-5-6-7-8-9-10-12-21-19(20-2)24-13-11-17(16-24)18-14-22-23(3)15-18/h14-15,17H,4-13,16H2,1-3H3,(H,20,21). The SMILES string of the molecule is CCCCCCCCCNC(=NC)N1CCC(c2cnn(C)c2)C1. The summed E-state index contributed by atoms with van der Waals surface area (Å²) in [5.74, 6) is 1.64. The predicted octanol–water partition coefficient (Wildman–Crippen LogP) is 3.54. The number of aliphatic imine (C=N–C) groups is 1. The Labute approximate surface area is 147 Å². The van der Waals surface area contributed by atoms with Crippen LogP contribution in [0.3, 0.4) is 0 Å². The average Bonchev–Trinajstić information content (AvgIpc) is 3.22. The first-order chi connectivity index (χ1) is 11.7. The summed E-state index contributed by atoms with van der Waals surface area (Å²) < 4.78 is 1.89. The Bertz CT molecular complexity index is 494. The van der Waals surface area contributed by atoms with Crippen LogP contribution in [-0.2, 0) is 7.05 Å². The van der Waals surface area contributed by atoms with Crippen molar-refractivity contribution in [2.75, 3.05) is 26.7 Å². The van der Waals surface area contributed by atoms with Gasteiger partial charge in [-0.25, -0.2) is 0 Å². The van der Waals surface area contributed by atoms with E-state index in [-0.39, 0.29) is 0 Å². The number of rotatable bonds is 9. The van der Waals surface area contributed by atoms with Crippen LogP contribution in [0, 0.1) is 0 Å². The van der Waals surface area contributed by atoms with Crippen LogP contribution < -0.4 is 5.32 Å². The summed E-state index contributed by atoms with van der Waals surface area (Å²) in [6.45, 7) is 5.43. The minimum atomic E-state index is 0.579. The summed E-state index contributed by atoms with van der Waals surface area (Å²) >= 11 is 0. The van der Waals surface area contributed by atoms with Gasteiger partial charge in [-0.3, -0.25) is 9.67 Å². The Morgan fingerprint density at radius 2 is 2.00 bits per heavy atom. The zero-order valence-electron chi connectivity index (χ0n) is 15.8. The highest BCUT2D eigenvalue weighted by Crippen LogP contribution is 2.26. The highest BCUT2D eigenvalue weighted by Gasteiger charge is 2.26. The highest BCUT2D eigenvalue weighted by molar-refractivity contribution is 5.80. The van der Waals surface area contributed by atoms with E-state index in [0.717, 1.165) is 25.6 Å². The molecule has 5 heteroatoms. The van der Waals surface area contributed by atoms with E-state index in [2.05, 4.69) is 33.4 Å². The molecule has 1 aromatic rings. The summed E-state index contributed by atoms with van der Waals surface area (Å²) in [4.78, 5) is 6.86. The summed E-state index contributed by atoms with van der Waals surface area (Å²) in [6.07, 6.45) is 14.8. The maximum absolute atomic E-state index is 4.47. The van der Waals surface area contributed by atoms with Gasteiger partial charge in [0.15, 0.2) is 5.96 Å².